The van der Waals surface area contributed by atoms with Crippen molar-refractivity contribution in [3.05, 3.63) is 52.6 Å². The fourth-order valence-electron chi connectivity index (χ4n) is 2.50. The lowest BCUT2D eigenvalue weighted by molar-refractivity contribution is -0.113. The quantitative estimate of drug-likeness (QED) is 0.870. The summed E-state index contributed by atoms with van der Waals surface area (Å²) >= 11 is 6.15. The van der Waals surface area contributed by atoms with E-state index in [2.05, 4.69) is 5.32 Å². The maximum Gasteiger partial charge on any atom is 0.255 e. The lowest BCUT2D eigenvalue weighted by Gasteiger charge is -2.19. The molecule has 25 heavy (non-hydrogen) atoms. The average Bonchev–Trinajstić information content (AvgIpc) is 2.63. The first-order chi connectivity index (χ1) is 12.1. The van der Waals surface area contributed by atoms with Crippen LogP contribution >= 0.6 is 11.6 Å². The molecule has 0 aliphatic carbocycles. The number of hydrogen-bond donors (Lipinski definition) is 1. The number of carbonyl (C=O) groups excluding carboxylic acids is 1. The van der Waals surface area contributed by atoms with E-state index in [0.29, 0.717) is 40.1 Å². The number of ether oxygens (including phenoxy) is 3. The van der Waals surface area contributed by atoms with Crippen molar-refractivity contribution in [2.75, 3.05) is 25.6 Å². The van der Waals surface area contributed by atoms with Gasteiger partial charge in [0, 0.05) is 11.6 Å². The van der Waals surface area contributed by atoms with Crippen molar-refractivity contribution in [1.82, 2.24) is 0 Å². The van der Waals surface area contributed by atoms with E-state index in [9.17, 15) is 4.79 Å². The van der Waals surface area contributed by atoms with Crippen LogP contribution in [0.25, 0.3) is 6.08 Å². The predicted octanol–water partition coefficient (Wildman–Crippen LogP) is 4.16. The minimum atomic E-state index is -0.260. The molecule has 130 valence electrons. The van der Waals surface area contributed by atoms with Gasteiger partial charge in [-0.15, -0.1) is 0 Å². The number of fused-ring (bicyclic) bond motifs is 1. The Morgan fingerprint density at radius 3 is 2.92 bits per heavy atom. The molecule has 0 fully saturated rings. The third-order valence-corrected chi connectivity index (χ3v) is 4.03. The maximum atomic E-state index is 12.6. The molecule has 1 heterocycles. The summed E-state index contributed by atoms with van der Waals surface area (Å²) in [5.41, 5.74) is 1.87. The van der Waals surface area contributed by atoms with E-state index in [1.54, 1.807) is 37.5 Å². The fraction of sp³-hybridized carbons (Fsp3) is 0.211. The summed E-state index contributed by atoms with van der Waals surface area (Å²) in [6, 6.07) is 10.7. The number of anilines is 1. The number of rotatable bonds is 5. The second-order valence-corrected chi connectivity index (χ2v) is 5.77. The van der Waals surface area contributed by atoms with Gasteiger partial charge in [-0.25, -0.2) is 0 Å². The molecular weight excluding hydrogens is 342 g/mol. The largest absolute Gasteiger partial charge is 0.497 e. The van der Waals surface area contributed by atoms with Crippen LogP contribution in [0.3, 0.4) is 0 Å². The van der Waals surface area contributed by atoms with E-state index in [1.807, 2.05) is 19.1 Å². The Morgan fingerprint density at radius 1 is 1.32 bits per heavy atom. The lowest BCUT2D eigenvalue weighted by Crippen LogP contribution is -2.21. The van der Waals surface area contributed by atoms with Gasteiger partial charge in [-0.3, -0.25) is 4.79 Å². The van der Waals surface area contributed by atoms with Crippen molar-refractivity contribution >= 4 is 29.3 Å². The summed E-state index contributed by atoms with van der Waals surface area (Å²) in [4.78, 5) is 12.6. The third kappa shape index (κ3) is 3.72. The maximum absolute atomic E-state index is 12.6. The van der Waals surface area contributed by atoms with E-state index < -0.39 is 0 Å². The van der Waals surface area contributed by atoms with E-state index in [-0.39, 0.29) is 12.5 Å². The van der Waals surface area contributed by atoms with Crippen molar-refractivity contribution < 1.29 is 19.0 Å². The van der Waals surface area contributed by atoms with E-state index >= 15 is 0 Å². The van der Waals surface area contributed by atoms with Crippen LogP contribution in [0.5, 0.6) is 17.2 Å². The first-order valence-electron chi connectivity index (χ1n) is 7.86. The first-order valence-corrected chi connectivity index (χ1v) is 8.24. The Hall–Kier alpha value is -2.66. The van der Waals surface area contributed by atoms with Gasteiger partial charge in [0.15, 0.2) is 5.75 Å². The summed E-state index contributed by atoms with van der Waals surface area (Å²) in [6.45, 7) is 2.49. The van der Waals surface area contributed by atoms with Crippen LogP contribution in [0.2, 0.25) is 5.02 Å². The van der Waals surface area contributed by atoms with Crippen molar-refractivity contribution in [1.29, 1.82) is 0 Å². The number of methoxy groups -OCH3 is 1. The molecule has 1 amide bonds. The number of para-hydroxylation sites is 1. The Morgan fingerprint density at radius 2 is 2.16 bits per heavy atom. The first kappa shape index (κ1) is 17.2. The summed E-state index contributed by atoms with van der Waals surface area (Å²) in [5.74, 6) is 1.60. The molecule has 0 bridgehead atoms. The van der Waals surface area contributed by atoms with Crippen molar-refractivity contribution in [3.8, 4) is 17.2 Å². The molecule has 1 aliphatic heterocycles. The average molecular weight is 360 g/mol. The summed E-state index contributed by atoms with van der Waals surface area (Å²) in [5, 5.41) is 3.29. The van der Waals surface area contributed by atoms with Crippen LogP contribution in [-0.2, 0) is 4.79 Å². The van der Waals surface area contributed by atoms with Crippen LogP contribution in [-0.4, -0.2) is 26.2 Å². The molecule has 1 N–H and O–H groups in total. The Labute approximate surface area is 151 Å². The van der Waals surface area contributed by atoms with Gasteiger partial charge in [0.25, 0.3) is 5.91 Å². The summed E-state index contributed by atoms with van der Waals surface area (Å²) in [6.07, 6.45) is 1.80. The minimum Gasteiger partial charge on any atom is -0.497 e. The molecule has 2 aromatic carbocycles. The number of hydrogen-bond acceptors (Lipinski definition) is 4. The highest BCUT2D eigenvalue weighted by atomic mass is 35.5. The van der Waals surface area contributed by atoms with Crippen LogP contribution in [0.1, 0.15) is 12.5 Å². The third-order valence-electron chi connectivity index (χ3n) is 3.73. The Kier molecular flexibility index (Phi) is 5.14. The van der Waals surface area contributed by atoms with Crippen LogP contribution in [0.15, 0.2) is 42.0 Å². The second-order valence-electron chi connectivity index (χ2n) is 5.37. The molecule has 0 saturated heterocycles. The number of benzene rings is 2. The zero-order chi connectivity index (χ0) is 17.8. The van der Waals surface area contributed by atoms with Gasteiger partial charge in [-0.05, 0) is 37.3 Å². The van der Waals surface area contributed by atoms with Crippen LogP contribution < -0.4 is 19.5 Å². The number of carbonyl (C=O) groups is 1. The van der Waals surface area contributed by atoms with E-state index in [1.165, 1.54) is 0 Å². The zero-order valence-corrected chi connectivity index (χ0v) is 14.7. The smallest absolute Gasteiger partial charge is 0.255 e. The SMILES string of the molecule is CCOc1c(Cl)cccc1NC(=O)C1=Cc2ccc(OC)cc2OC1. The molecule has 6 heteroatoms. The highest BCUT2D eigenvalue weighted by Gasteiger charge is 2.19. The van der Waals surface area contributed by atoms with Gasteiger partial charge in [0.05, 0.1) is 30.0 Å². The second kappa shape index (κ2) is 7.49. The van der Waals surface area contributed by atoms with Gasteiger partial charge in [-0.1, -0.05) is 17.7 Å². The molecule has 0 radical (unpaired) electrons. The van der Waals surface area contributed by atoms with Gasteiger partial charge in [0.2, 0.25) is 0 Å². The van der Waals surface area contributed by atoms with Gasteiger partial charge < -0.3 is 19.5 Å². The monoisotopic (exact) mass is 359 g/mol. The molecule has 1 aliphatic rings. The Bertz CT molecular complexity index is 832. The fourth-order valence-corrected chi connectivity index (χ4v) is 2.73. The molecule has 2 aromatic rings. The van der Waals surface area contributed by atoms with Crippen molar-refractivity contribution in [3.63, 3.8) is 0 Å². The molecule has 0 aromatic heterocycles. The van der Waals surface area contributed by atoms with Gasteiger partial charge in [-0.2, -0.15) is 0 Å². The van der Waals surface area contributed by atoms with E-state index in [4.69, 9.17) is 25.8 Å². The minimum absolute atomic E-state index is 0.177. The summed E-state index contributed by atoms with van der Waals surface area (Å²) in [7, 11) is 1.60. The molecule has 3 rings (SSSR count). The lowest BCUT2D eigenvalue weighted by atomic mass is 10.1. The Balaban J connectivity index is 1.82. The van der Waals surface area contributed by atoms with Gasteiger partial charge >= 0.3 is 0 Å². The number of amides is 1. The standard InChI is InChI=1S/C19H18ClNO4/c1-3-24-18-15(20)5-4-6-16(18)21-19(22)13-9-12-7-8-14(23-2)10-17(12)25-11-13/h4-10H,3,11H2,1-2H3,(H,21,22). The number of halogens is 1. The molecular formula is C19H18ClNO4. The molecule has 0 unspecified atom stereocenters. The normalized spacial score (nSPS) is 12.5. The highest BCUT2D eigenvalue weighted by molar-refractivity contribution is 6.32. The summed E-state index contributed by atoms with van der Waals surface area (Å²) < 4.78 is 16.4. The zero-order valence-electron chi connectivity index (χ0n) is 14.0. The van der Waals surface area contributed by atoms with Crippen molar-refractivity contribution in [2.24, 2.45) is 0 Å². The van der Waals surface area contributed by atoms with Crippen molar-refractivity contribution in [2.45, 2.75) is 6.92 Å². The van der Waals surface area contributed by atoms with Crippen LogP contribution in [0.4, 0.5) is 5.69 Å². The molecule has 0 saturated carbocycles. The number of nitrogens with one attached hydrogen (secondary N) is 1. The van der Waals surface area contributed by atoms with E-state index in [0.717, 1.165) is 5.56 Å². The van der Waals surface area contributed by atoms with Gasteiger partial charge in [0.1, 0.15) is 18.1 Å². The predicted molar refractivity (Wildman–Crippen MR) is 97.7 cm³/mol. The molecule has 0 atom stereocenters. The highest BCUT2D eigenvalue weighted by Crippen LogP contribution is 2.34. The topological polar surface area (TPSA) is 56.8 Å². The van der Waals surface area contributed by atoms with Crippen LogP contribution in [0, 0.1) is 0 Å². The molecule has 5 nitrogen and oxygen atoms in total. The molecule has 0 spiro atoms.